The molecular weight excluding hydrogens is 452 g/mol. The lowest BCUT2D eigenvalue weighted by Crippen LogP contribution is -2.33. The highest BCUT2D eigenvalue weighted by Gasteiger charge is 2.62. The first-order valence-corrected chi connectivity index (χ1v) is 12.0. The molecule has 4 atom stereocenters. The highest BCUT2D eigenvalue weighted by atomic mass is 16.6. The highest BCUT2D eigenvalue weighted by Crippen LogP contribution is 2.59. The van der Waals surface area contributed by atoms with Crippen molar-refractivity contribution in [2.45, 2.75) is 13.8 Å². The molecule has 2 bridgehead atoms. The summed E-state index contributed by atoms with van der Waals surface area (Å²) in [6, 6.07) is 22.5. The number of nitro benzene ring substituents is 1. The molecule has 1 aliphatic heterocycles. The highest BCUT2D eigenvalue weighted by molar-refractivity contribution is 6.23. The Bertz CT molecular complexity index is 1400. The summed E-state index contributed by atoms with van der Waals surface area (Å²) in [6.07, 6.45) is 4.12. The summed E-state index contributed by atoms with van der Waals surface area (Å²) in [7, 11) is 0. The second kappa shape index (κ2) is 8.12. The predicted octanol–water partition coefficient (Wildman–Crippen LogP) is 5.64. The van der Waals surface area contributed by atoms with Gasteiger partial charge in [0.1, 0.15) is 0 Å². The van der Waals surface area contributed by atoms with Crippen LogP contribution in [0.25, 0.3) is 5.57 Å². The summed E-state index contributed by atoms with van der Waals surface area (Å²) >= 11 is 0. The molecule has 0 aromatic heterocycles. The van der Waals surface area contributed by atoms with Crippen molar-refractivity contribution >= 4 is 28.8 Å². The Morgan fingerprint density at radius 1 is 0.778 bits per heavy atom. The fourth-order valence-electron chi connectivity index (χ4n) is 6.04. The number of allylic oxidation sites excluding steroid dienone is 3. The number of benzene rings is 3. The van der Waals surface area contributed by atoms with Crippen molar-refractivity contribution in [3.63, 3.8) is 0 Å². The second-order valence-electron chi connectivity index (χ2n) is 9.84. The van der Waals surface area contributed by atoms with E-state index >= 15 is 0 Å². The molecule has 6 nitrogen and oxygen atoms in total. The molecule has 2 aliphatic carbocycles. The molecule has 1 saturated carbocycles. The third-order valence-corrected chi connectivity index (χ3v) is 7.68. The molecule has 2 fully saturated rings. The van der Waals surface area contributed by atoms with Gasteiger partial charge in [0.05, 0.1) is 22.4 Å². The van der Waals surface area contributed by atoms with Gasteiger partial charge in [0.2, 0.25) is 11.8 Å². The van der Waals surface area contributed by atoms with E-state index in [2.05, 4.69) is 60.7 Å². The zero-order valence-electron chi connectivity index (χ0n) is 19.9. The van der Waals surface area contributed by atoms with Gasteiger partial charge in [-0.1, -0.05) is 77.9 Å². The first kappa shape index (κ1) is 22.2. The molecule has 3 aliphatic rings. The van der Waals surface area contributed by atoms with Gasteiger partial charge in [-0.3, -0.25) is 19.7 Å². The molecule has 6 rings (SSSR count). The molecule has 3 aromatic carbocycles. The van der Waals surface area contributed by atoms with E-state index in [0.717, 1.165) is 38.3 Å². The number of amides is 2. The second-order valence-corrected chi connectivity index (χ2v) is 9.84. The van der Waals surface area contributed by atoms with Gasteiger partial charge < -0.3 is 0 Å². The first-order chi connectivity index (χ1) is 17.3. The van der Waals surface area contributed by atoms with Gasteiger partial charge in [-0.25, -0.2) is 4.90 Å². The summed E-state index contributed by atoms with van der Waals surface area (Å²) in [5, 5.41) is 11.3. The Kier molecular flexibility index (Phi) is 5.00. The minimum absolute atomic E-state index is 0.145. The number of carbonyl (C=O) groups is 2. The number of hydrogen-bond acceptors (Lipinski definition) is 4. The Morgan fingerprint density at radius 2 is 1.28 bits per heavy atom. The van der Waals surface area contributed by atoms with Crippen LogP contribution < -0.4 is 4.90 Å². The smallest absolute Gasteiger partial charge is 0.271 e. The first-order valence-electron chi connectivity index (χ1n) is 12.0. The van der Waals surface area contributed by atoms with Crippen LogP contribution in [0, 0.1) is 47.6 Å². The van der Waals surface area contributed by atoms with Crippen LogP contribution in [0.15, 0.2) is 90.5 Å². The summed E-state index contributed by atoms with van der Waals surface area (Å²) in [5.74, 6) is -1.98. The standard InChI is InChI=1S/C30H24N2O4/c1-17-6-10-19(11-7-17)25(20-12-8-18(2)9-13-20)26-23-14-15-24(26)28-27(23)29(33)31(30(28)34)21-4-3-5-22(16-21)32(35)36/h3-16,23-24,27-28H,1-2H3/t23-,24-,27-,28+/m1/s1. The van der Waals surface area contributed by atoms with E-state index in [1.54, 1.807) is 6.07 Å². The maximum absolute atomic E-state index is 13.7. The summed E-state index contributed by atoms with van der Waals surface area (Å²) < 4.78 is 0. The average Bonchev–Trinajstić information content (AvgIpc) is 3.50. The van der Waals surface area contributed by atoms with Crippen LogP contribution >= 0.6 is 0 Å². The van der Waals surface area contributed by atoms with Gasteiger partial charge in [0.15, 0.2) is 0 Å². The largest absolute Gasteiger partial charge is 0.274 e. The maximum atomic E-state index is 13.7. The van der Waals surface area contributed by atoms with Crippen LogP contribution in [0.1, 0.15) is 22.3 Å². The fraction of sp³-hybridized carbons (Fsp3) is 0.200. The van der Waals surface area contributed by atoms with Crippen molar-refractivity contribution < 1.29 is 14.5 Å². The molecule has 3 aromatic rings. The zero-order valence-corrected chi connectivity index (χ0v) is 19.9. The summed E-state index contributed by atoms with van der Waals surface area (Å²) in [6.45, 7) is 4.10. The van der Waals surface area contributed by atoms with Crippen molar-refractivity contribution in [2.75, 3.05) is 4.90 Å². The van der Waals surface area contributed by atoms with Crippen LogP contribution in [-0.4, -0.2) is 16.7 Å². The molecule has 6 heteroatoms. The molecule has 2 amide bonds. The van der Waals surface area contributed by atoms with E-state index in [1.165, 1.54) is 18.2 Å². The van der Waals surface area contributed by atoms with Crippen LogP contribution in [0.2, 0.25) is 0 Å². The normalized spacial score (nSPS) is 23.9. The Hall–Kier alpha value is -4.32. The van der Waals surface area contributed by atoms with Crippen molar-refractivity contribution in [2.24, 2.45) is 23.7 Å². The van der Waals surface area contributed by atoms with Gasteiger partial charge >= 0.3 is 0 Å². The van der Waals surface area contributed by atoms with Crippen LogP contribution in [0.3, 0.4) is 0 Å². The van der Waals surface area contributed by atoms with Crippen LogP contribution in [0.5, 0.6) is 0 Å². The lowest BCUT2D eigenvalue weighted by atomic mass is 9.85. The van der Waals surface area contributed by atoms with Gasteiger partial charge in [-0.05, 0) is 42.2 Å². The van der Waals surface area contributed by atoms with Gasteiger partial charge in [-0.15, -0.1) is 0 Å². The topological polar surface area (TPSA) is 80.5 Å². The molecule has 36 heavy (non-hydrogen) atoms. The molecule has 178 valence electrons. The van der Waals surface area contributed by atoms with Crippen LogP contribution in [-0.2, 0) is 9.59 Å². The van der Waals surface area contributed by atoms with Gasteiger partial charge in [-0.2, -0.15) is 0 Å². The minimum atomic E-state index is -0.517. The lowest BCUT2D eigenvalue weighted by molar-refractivity contribution is -0.384. The summed E-state index contributed by atoms with van der Waals surface area (Å²) in [5.41, 5.74) is 6.75. The molecule has 0 N–H and O–H groups in total. The molecular formula is C30H24N2O4. The number of nitrogens with zero attached hydrogens (tertiary/aromatic N) is 2. The van der Waals surface area contributed by atoms with Crippen LogP contribution in [0.4, 0.5) is 11.4 Å². The number of rotatable bonds is 4. The van der Waals surface area contributed by atoms with E-state index in [-0.39, 0.29) is 35.0 Å². The SMILES string of the molecule is Cc1ccc(C(=C2[C@H]3C=C[C@H]2[C@H]2C(=O)N(c4cccc([N+](=O)[O-])c4)C(=O)[C@H]23)c2ccc(C)cc2)cc1. The Morgan fingerprint density at radius 3 is 1.75 bits per heavy atom. The van der Waals surface area contributed by atoms with Crippen molar-refractivity contribution in [3.8, 4) is 0 Å². The third-order valence-electron chi connectivity index (χ3n) is 7.68. The quantitative estimate of drug-likeness (QED) is 0.211. The number of carbonyl (C=O) groups excluding carboxylic acids is 2. The lowest BCUT2D eigenvalue weighted by Gasteiger charge is -2.21. The molecule has 0 unspecified atom stereocenters. The van der Waals surface area contributed by atoms with E-state index < -0.39 is 16.8 Å². The summed E-state index contributed by atoms with van der Waals surface area (Å²) in [4.78, 5) is 39.3. The molecule has 0 spiro atoms. The zero-order chi connectivity index (χ0) is 25.1. The fourth-order valence-corrected chi connectivity index (χ4v) is 6.04. The average molecular weight is 477 g/mol. The number of fused-ring (bicyclic) bond motifs is 5. The number of aryl methyl sites for hydroxylation is 2. The van der Waals surface area contributed by atoms with Gasteiger partial charge in [0, 0.05) is 24.0 Å². The van der Waals surface area contributed by atoms with E-state index in [9.17, 15) is 19.7 Å². The number of imide groups is 1. The molecule has 1 saturated heterocycles. The number of non-ortho nitro benzene ring substituents is 1. The molecule has 1 heterocycles. The van der Waals surface area contributed by atoms with Crippen molar-refractivity contribution in [1.82, 2.24) is 0 Å². The van der Waals surface area contributed by atoms with Gasteiger partial charge in [0.25, 0.3) is 5.69 Å². The number of anilines is 1. The monoisotopic (exact) mass is 476 g/mol. The molecule has 0 radical (unpaired) electrons. The Labute approximate surface area is 208 Å². The minimum Gasteiger partial charge on any atom is -0.274 e. The maximum Gasteiger partial charge on any atom is 0.271 e. The number of hydrogen-bond donors (Lipinski definition) is 0. The Balaban J connectivity index is 1.47. The predicted molar refractivity (Wildman–Crippen MR) is 137 cm³/mol. The van der Waals surface area contributed by atoms with E-state index in [4.69, 9.17) is 0 Å². The number of nitro groups is 1. The van der Waals surface area contributed by atoms with Crippen molar-refractivity contribution in [3.05, 3.63) is 123 Å². The van der Waals surface area contributed by atoms with E-state index in [0.29, 0.717) is 0 Å². The van der Waals surface area contributed by atoms with E-state index in [1.807, 2.05) is 13.8 Å². The van der Waals surface area contributed by atoms with Crippen molar-refractivity contribution in [1.29, 1.82) is 0 Å². The third kappa shape index (κ3) is 3.25.